The molecule has 0 N–H and O–H groups in total. The van der Waals surface area contributed by atoms with E-state index in [0.717, 1.165) is 12.8 Å². The number of hydrogen-bond acceptors (Lipinski definition) is 0. The van der Waals surface area contributed by atoms with E-state index in [1.165, 1.54) is 21.6 Å². The van der Waals surface area contributed by atoms with Gasteiger partial charge >= 0.3 is 0 Å². The van der Waals surface area contributed by atoms with E-state index >= 15 is 0 Å². The molecular formula is C18H24. The maximum absolute atomic E-state index is 2.31. The second kappa shape index (κ2) is 7.71. The molecule has 0 heterocycles. The molecule has 1 aromatic carbocycles. The molecule has 0 heteroatoms. The molecule has 2 aliphatic carbocycles. The highest BCUT2D eigenvalue weighted by Crippen LogP contribution is 2.13. The van der Waals surface area contributed by atoms with E-state index in [-0.39, 0.29) is 0 Å². The maximum atomic E-state index is 2.31. The summed E-state index contributed by atoms with van der Waals surface area (Å²) in [5.74, 6) is 0. The largest absolute Gasteiger partial charge is 0.0804 e. The highest BCUT2D eigenvalue weighted by Gasteiger charge is 2.04. The number of allylic oxidation sites excluding steroid dienone is 3. The minimum Gasteiger partial charge on any atom is -0.0804 e. The van der Waals surface area contributed by atoms with Gasteiger partial charge in [0.05, 0.1) is 0 Å². The van der Waals surface area contributed by atoms with Crippen molar-refractivity contribution < 1.29 is 0 Å². The summed E-state index contributed by atoms with van der Waals surface area (Å²) in [7, 11) is 0. The third kappa shape index (κ3) is 3.01. The molecule has 0 nitrogen and oxygen atoms in total. The Balaban J connectivity index is 0.000000371. The van der Waals surface area contributed by atoms with Crippen LogP contribution in [0.15, 0.2) is 36.4 Å². The van der Waals surface area contributed by atoms with E-state index in [0.29, 0.717) is 0 Å². The van der Waals surface area contributed by atoms with Gasteiger partial charge in [0.15, 0.2) is 0 Å². The van der Waals surface area contributed by atoms with E-state index in [1.54, 1.807) is 0 Å². The fourth-order valence-corrected chi connectivity index (χ4v) is 2.24. The summed E-state index contributed by atoms with van der Waals surface area (Å²) >= 11 is 0. The van der Waals surface area contributed by atoms with E-state index in [9.17, 15) is 0 Å². The van der Waals surface area contributed by atoms with Crippen molar-refractivity contribution in [3.8, 4) is 0 Å². The molecule has 2 aliphatic rings. The topological polar surface area (TPSA) is 0 Å². The van der Waals surface area contributed by atoms with Crippen LogP contribution < -0.4 is 10.4 Å². The average molecular weight is 240 g/mol. The molecule has 0 amide bonds. The molecule has 18 heavy (non-hydrogen) atoms. The molecule has 0 radical (unpaired) electrons. The van der Waals surface area contributed by atoms with Gasteiger partial charge in [-0.25, -0.2) is 0 Å². The summed E-state index contributed by atoms with van der Waals surface area (Å²) in [5, 5.41) is 2.84. The molecule has 0 saturated heterocycles. The van der Waals surface area contributed by atoms with Gasteiger partial charge in [0.2, 0.25) is 0 Å². The van der Waals surface area contributed by atoms with Crippen LogP contribution in [0, 0.1) is 0 Å². The van der Waals surface area contributed by atoms with E-state index in [1.807, 2.05) is 27.7 Å². The van der Waals surface area contributed by atoms with Crippen LogP contribution in [0.5, 0.6) is 0 Å². The minimum absolute atomic E-state index is 1.06. The smallest absolute Gasteiger partial charge is 0.00795 e. The first-order chi connectivity index (χ1) is 8.95. The summed E-state index contributed by atoms with van der Waals surface area (Å²) in [6.45, 7) is 8.00. The Kier molecular flexibility index (Phi) is 6.21. The van der Waals surface area contributed by atoms with Crippen molar-refractivity contribution in [3.63, 3.8) is 0 Å². The number of rotatable bonds is 0. The summed E-state index contributed by atoms with van der Waals surface area (Å²) in [6, 6.07) is 6.55. The van der Waals surface area contributed by atoms with Crippen molar-refractivity contribution in [2.45, 2.75) is 40.5 Å². The van der Waals surface area contributed by atoms with Gasteiger partial charge in [-0.3, -0.25) is 0 Å². The van der Waals surface area contributed by atoms with Gasteiger partial charge in [0, 0.05) is 0 Å². The van der Waals surface area contributed by atoms with Crippen molar-refractivity contribution in [2.24, 2.45) is 0 Å². The van der Waals surface area contributed by atoms with Crippen LogP contribution >= 0.6 is 0 Å². The van der Waals surface area contributed by atoms with Gasteiger partial charge in [-0.05, 0) is 34.4 Å². The van der Waals surface area contributed by atoms with Gasteiger partial charge in [0.25, 0.3) is 0 Å². The monoisotopic (exact) mass is 240 g/mol. The van der Waals surface area contributed by atoms with Crippen LogP contribution in [0.4, 0.5) is 0 Å². The molecule has 0 aromatic heterocycles. The number of hydrogen-bond donors (Lipinski definition) is 0. The van der Waals surface area contributed by atoms with Crippen molar-refractivity contribution in [1.82, 2.24) is 0 Å². The fraction of sp³-hybridized carbons (Fsp3) is 0.333. The molecule has 1 aromatic rings. The summed E-state index contributed by atoms with van der Waals surface area (Å²) in [4.78, 5) is 0. The Hall–Kier alpha value is -1.56. The molecule has 0 unspecified atom stereocenters. The lowest BCUT2D eigenvalue weighted by atomic mass is 9.98. The minimum atomic E-state index is 1.06. The molecular weight excluding hydrogens is 216 g/mol. The predicted octanol–water partition coefficient (Wildman–Crippen LogP) is 4.05. The van der Waals surface area contributed by atoms with Gasteiger partial charge in [-0.2, -0.15) is 0 Å². The molecule has 0 saturated carbocycles. The zero-order valence-electron chi connectivity index (χ0n) is 12.0. The Bertz CT molecular complexity index is 542. The molecule has 0 spiro atoms. The van der Waals surface area contributed by atoms with Crippen molar-refractivity contribution in [3.05, 3.63) is 52.4 Å². The first-order valence-corrected chi connectivity index (χ1v) is 7.11. The molecule has 3 rings (SSSR count). The lowest BCUT2D eigenvalue weighted by Crippen LogP contribution is -2.29. The third-order valence-corrected chi connectivity index (χ3v) is 2.88. The Morgan fingerprint density at radius 1 is 0.889 bits per heavy atom. The summed E-state index contributed by atoms with van der Waals surface area (Å²) in [6.07, 6.45) is 13.4. The van der Waals surface area contributed by atoms with Crippen molar-refractivity contribution >= 4 is 17.7 Å². The summed E-state index contributed by atoms with van der Waals surface area (Å²) in [5.41, 5.74) is 2.83. The average Bonchev–Trinajstić information content (AvgIpc) is 2.68. The molecule has 0 fully saturated rings. The normalized spacial score (nSPS) is 14.1. The maximum Gasteiger partial charge on any atom is -0.00795 e. The van der Waals surface area contributed by atoms with Crippen molar-refractivity contribution in [1.29, 1.82) is 0 Å². The first kappa shape index (κ1) is 14.5. The van der Waals surface area contributed by atoms with Crippen LogP contribution in [-0.4, -0.2) is 0 Å². The highest BCUT2D eigenvalue weighted by atomic mass is 14.1. The third-order valence-electron chi connectivity index (χ3n) is 2.88. The van der Waals surface area contributed by atoms with E-state index in [4.69, 9.17) is 0 Å². The Labute approximate surface area is 111 Å². The molecule has 0 bridgehead atoms. The Morgan fingerprint density at radius 3 is 2.44 bits per heavy atom. The van der Waals surface area contributed by atoms with Crippen LogP contribution in [0.1, 0.15) is 46.1 Å². The van der Waals surface area contributed by atoms with Gasteiger partial charge < -0.3 is 0 Å². The van der Waals surface area contributed by atoms with Crippen LogP contribution in [-0.2, 0) is 0 Å². The van der Waals surface area contributed by atoms with Gasteiger partial charge in [-0.1, -0.05) is 76.3 Å². The quantitative estimate of drug-likeness (QED) is 0.642. The van der Waals surface area contributed by atoms with Crippen LogP contribution in [0.3, 0.4) is 0 Å². The van der Waals surface area contributed by atoms with E-state index in [2.05, 4.69) is 48.6 Å². The standard InChI is InChI=1S/C14H12.2C2H6/c1-2-6-12-8-4-10-13-9-3-7-11(5-1)14(12)13;2*1-2/h1,3-6,8-10H,2,7H2;2*1-2H3. The zero-order valence-corrected chi connectivity index (χ0v) is 12.0. The van der Waals surface area contributed by atoms with Crippen molar-refractivity contribution in [2.75, 3.05) is 0 Å². The van der Waals surface area contributed by atoms with Crippen LogP contribution in [0.2, 0.25) is 0 Å². The summed E-state index contributed by atoms with van der Waals surface area (Å²) < 4.78 is 0. The zero-order chi connectivity index (χ0) is 13.4. The van der Waals surface area contributed by atoms with Gasteiger partial charge in [0.1, 0.15) is 0 Å². The predicted molar refractivity (Wildman–Crippen MR) is 83.7 cm³/mol. The second-order valence-electron chi connectivity index (χ2n) is 3.79. The SMILES string of the molecule is C1=CC2=c3c(cccc3=CC1)C=CC2.CC.CC. The number of benzene rings is 1. The lowest BCUT2D eigenvalue weighted by molar-refractivity contribution is 1.33. The highest BCUT2D eigenvalue weighted by molar-refractivity contribution is 5.70. The van der Waals surface area contributed by atoms with Crippen LogP contribution in [0.25, 0.3) is 17.7 Å². The molecule has 0 aliphatic heterocycles. The Morgan fingerprint density at radius 2 is 1.67 bits per heavy atom. The molecule has 0 atom stereocenters. The van der Waals surface area contributed by atoms with E-state index < -0.39 is 0 Å². The first-order valence-electron chi connectivity index (χ1n) is 7.11. The van der Waals surface area contributed by atoms with Gasteiger partial charge in [-0.15, -0.1) is 0 Å². The fourth-order valence-electron chi connectivity index (χ4n) is 2.24. The lowest BCUT2D eigenvalue weighted by Gasteiger charge is -2.07. The molecule has 96 valence electrons. The second-order valence-corrected chi connectivity index (χ2v) is 3.79.